The Morgan fingerprint density at radius 3 is 2.31 bits per heavy atom. The number of carbonyl (C=O) groups excluding carboxylic acids is 2. The molecule has 158 valence electrons. The molecule has 3 fully saturated rings. The lowest BCUT2D eigenvalue weighted by atomic mass is 9.85. The summed E-state index contributed by atoms with van der Waals surface area (Å²) >= 11 is 0. The maximum Gasteiger partial charge on any atom is 0.251 e. The maximum atomic E-state index is 12.4. The highest BCUT2D eigenvalue weighted by molar-refractivity contribution is 5.94. The van der Waals surface area contributed by atoms with E-state index in [1.807, 2.05) is 17.0 Å². The molecule has 2 amide bonds. The summed E-state index contributed by atoms with van der Waals surface area (Å²) in [6.07, 6.45) is 8.61. The summed E-state index contributed by atoms with van der Waals surface area (Å²) in [7, 11) is 0. The predicted octanol–water partition coefficient (Wildman–Crippen LogP) is 2.89. The van der Waals surface area contributed by atoms with E-state index in [9.17, 15) is 14.7 Å². The Morgan fingerprint density at radius 1 is 1.03 bits per heavy atom. The number of carbonyl (C=O) groups is 2. The number of likely N-dealkylation sites (tertiary alicyclic amines) is 1. The highest BCUT2D eigenvalue weighted by Gasteiger charge is 2.35. The summed E-state index contributed by atoms with van der Waals surface area (Å²) in [5.41, 5.74) is -0.186. The van der Waals surface area contributed by atoms with Crippen LogP contribution >= 0.6 is 0 Å². The van der Waals surface area contributed by atoms with Gasteiger partial charge in [0.05, 0.1) is 5.60 Å². The van der Waals surface area contributed by atoms with Gasteiger partial charge in [0.2, 0.25) is 5.91 Å². The lowest BCUT2D eigenvalue weighted by molar-refractivity contribution is -0.134. The van der Waals surface area contributed by atoms with Crippen LogP contribution in [0.25, 0.3) is 0 Å². The fraction of sp³-hybridized carbons (Fsp3) is 0.652. The van der Waals surface area contributed by atoms with E-state index in [0.29, 0.717) is 18.0 Å². The van der Waals surface area contributed by atoms with Crippen molar-refractivity contribution < 1.29 is 19.4 Å². The molecule has 0 aromatic heterocycles. The van der Waals surface area contributed by atoms with Gasteiger partial charge >= 0.3 is 0 Å². The van der Waals surface area contributed by atoms with Crippen molar-refractivity contribution >= 4 is 11.8 Å². The Hall–Kier alpha value is -2.08. The molecule has 1 aliphatic heterocycles. The molecular formula is C23H32N2O4. The van der Waals surface area contributed by atoms with Crippen molar-refractivity contribution in [1.29, 1.82) is 0 Å². The Balaban J connectivity index is 1.22. The highest BCUT2D eigenvalue weighted by Crippen LogP contribution is 2.32. The second-order valence-electron chi connectivity index (χ2n) is 8.91. The molecule has 4 rings (SSSR count). The van der Waals surface area contributed by atoms with Crippen molar-refractivity contribution in [3.05, 3.63) is 29.8 Å². The van der Waals surface area contributed by atoms with Gasteiger partial charge in [-0.05, 0) is 49.9 Å². The molecule has 0 unspecified atom stereocenters. The molecule has 0 bridgehead atoms. The molecule has 1 aromatic rings. The molecule has 1 heterocycles. The number of ether oxygens (including phenoxy) is 1. The molecule has 3 aliphatic rings. The fourth-order valence-corrected chi connectivity index (χ4v) is 4.39. The average Bonchev–Trinajstić information content (AvgIpc) is 3.59. The summed E-state index contributed by atoms with van der Waals surface area (Å²) in [6.45, 7) is 1.84. The number of aliphatic hydroxyl groups is 1. The minimum absolute atomic E-state index is 0.110. The molecule has 0 spiro atoms. The van der Waals surface area contributed by atoms with Crippen molar-refractivity contribution in [2.24, 2.45) is 5.92 Å². The van der Waals surface area contributed by atoms with Gasteiger partial charge in [-0.25, -0.2) is 0 Å². The number of benzene rings is 1. The first-order valence-corrected chi connectivity index (χ1v) is 11.1. The first-order valence-electron chi connectivity index (χ1n) is 11.1. The summed E-state index contributed by atoms with van der Waals surface area (Å²) < 4.78 is 6.06. The third kappa shape index (κ3) is 5.30. The molecule has 2 N–H and O–H groups in total. The average molecular weight is 401 g/mol. The van der Waals surface area contributed by atoms with Crippen molar-refractivity contribution in [3.8, 4) is 5.75 Å². The number of nitrogens with one attached hydrogen (secondary N) is 1. The highest BCUT2D eigenvalue weighted by atomic mass is 16.5. The van der Waals surface area contributed by atoms with E-state index in [1.54, 1.807) is 12.1 Å². The monoisotopic (exact) mass is 400 g/mol. The van der Waals surface area contributed by atoms with Crippen LogP contribution in [-0.4, -0.2) is 53.2 Å². The Bertz CT molecular complexity index is 715. The molecule has 1 saturated heterocycles. The summed E-state index contributed by atoms with van der Waals surface area (Å²) in [5, 5.41) is 13.4. The van der Waals surface area contributed by atoms with Crippen molar-refractivity contribution in [1.82, 2.24) is 10.2 Å². The fourth-order valence-electron chi connectivity index (χ4n) is 4.39. The normalized spacial score (nSPS) is 22.2. The number of hydrogen-bond acceptors (Lipinski definition) is 4. The standard InChI is InChI=1S/C23H32N2O4/c26-21(24-16-23(28)12-2-1-3-13-23)17-6-8-19(9-7-17)29-20-10-14-25(15-11-20)22(27)18-4-5-18/h6-9,18,20,28H,1-5,10-16H2,(H,24,26). The van der Waals surface area contributed by atoms with E-state index in [-0.39, 0.29) is 17.9 Å². The smallest absolute Gasteiger partial charge is 0.251 e. The van der Waals surface area contributed by atoms with Gasteiger partial charge in [0, 0.05) is 44.0 Å². The van der Waals surface area contributed by atoms with Crippen LogP contribution < -0.4 is 10.1 Å². The summed E-state index contributed by atoms with van der Waals surface area (Å²) in [6, 6.07) is 7.18. The van der Waals surface area contributed by atoms with Gasteiger partial charge in [0.15, 0.2) is 0 Å². The number of piperidine rings is 1. The number of rotatable bonds is 6. The van der Waals surface area contributed by atoms with Crippen LogP contribution in [0.15, 0.2) is 24.3 Å². The van der Waals surface area contributed by atoms with Crippen LogP contribution in [0.3, 0.4) is 0 Å². The van der Waals surface area contributed by atoms with Crippen molar-refractivity contribution in [2.75, 3.05) is 19.6 Å². The lowest BCUT2D eigenvalue weighted by Gasteiger charge is -2.32. The minimum Gasteiger partial charge on any atom is -0.490 e. The molecule has 1 aromatic carbocycles. The van der Waals surface area contributed by atoms with Crippen LogP contribution in [0, 0.1) is 5.92 Å². The van der Waals surface area contributed by atoms with Gasteiger partial charge < -0.3 is 20.1 Å². The van der Waals surface area contributed by atoms with Crippen LogP contribution in [-0.2, 0) is 4.79 Å². The Kier molecular flexibility index (Phi) is 6.09. The van der Waals surface area contributed by atoms with E-state index < -0.39 is 5.60 Å². The minimum atomic E-state index is -0.757. The molecule has 6 nitrogen and oxygen atoms in total. The summed E-state index contributed by atoms with van der Waals surface area (Å²) in [5.74, 6) is 1.18. The third-order valence-corrected chi connectivity index (χ3v) is 6.46. The topological polar surface area (TPSA) is 78.9 Å². The quantitative estimate of drug-likeness (QED) is 0.770. The zero-order valence-electron chi connectivity index (χ0n) is 17.1. The van der Waals surface area contributed by atoms with E-state index in [0.717, 1.165) is 76.6 Å². The molecule has 0 radical (unpaired) electrons. The molecular weight excluding hydrogens is 368 g/mol. The van der Waals surface area contributed by atoms with Crippen LogP contribution in [0.4, 0.5) is 0 Å². The first-order chi connectivity index (χ1) is 14.0. The van der Waals surface area contributed by atoms with Gasteiger partial charge in [-0.1, -0.05) is 19.3 Å². The van der Waals surface area contributed by atoms with Gasteiger partial charge in [-0.15, -0.1) is 0 Å². The first kappa shape index (κ1) is 20.2. The van der Waals surface area contributed by atoms with E-state index in [2.05, 4.69) is 5.32 Å². The molecule has 29 heavy (non-hydrogen) atoms. The van der Waals surface area contributed by atoms with E-state index >= 15 is 0 Å². The molecule has 2 aliphatic carbocycles. The van der Waals surface area contributed by atoms with Gasteiger partial charge in [-0.2, -0.15) is 0 Å². The van der Waals surface area contributed by atoms with E-state index in [4.69, 9.17) is 4.74 Å². The lowest BCUT2D eigenvalue weighted by Crippen LogP contribution is -2.44. The van der Waals surface area contributed by atoms with Crippen LogP contribution in [0.2, 0.25) is 0 Å². The maximum absolute atomic E-state index is 12.4. The van der Waals surface area contributed by atoms with Crippen LogP contribution in [0.5, 0.6) is 5.75 Å². The van der Waals surface area contributed by atoms with Gasteiger partial charge in [0.25, 0.3) is 5.91 Å². The predicted molar refractivity (Wildman–Crippen MR) is 110 cm³/mol. The van der Waals surface area contributed by atoms with Gasteiger partial charge in [0.1, 0.15) is 11.9 Å². The molecule has 2 saturated carbocycles. The molecule has 0 atom stereocenters. The van der Waals surface area contributed by atoms with Crippen molar-refractivity contribution in [3.63, 3.8) is 0 Å². The second-order valence-corrected chi connectivity index (χ2v) is 8.91. The largest absolute Gasteiger partial charge is 0.490 e. The number of hydrogen-bond donors (Lipinski definition) is 2. The second kappa shape index (κ2) is 8.74. The van der Waals surface area contributed by atoms with Gasteiger partial charge in [-0.3, -0.25) is 9.59 Å². The Labute approximate surface area is 172 Å². The SMILES string of the molecule is O=C(NCC1(O)CCCCC1)c1ccc(OC2CCN(C(=O)C3CC3)CC2)cc1. The van der Waals surface area contributed by atoms with Crippen molar-refractivity contribution in [2.45, 2.75) is 69.5 Å². The summed E-state index contributed by atoms with van der Waals surface area (Å²) in [4.78, 5) is 26.5. The Morgan fingerprint density at radius 2 is 1.69 bits per heavy atom. The van der Waals surface area contributed by atoms with Crippen LogP contribution in [0.1, 0.15) is 68.1 Å². The third-order valence-electron chi connectivity index (χ3n) is 6.46. The zero-order valence-corrected chi connectivity index (χ0v) is 17.1. The zero-order chi connectivity index (χ0) is 20.3. The number of nitrogens with zero attached hydrogens (tertiary/aromatic N) is 1. The number of amides is 2. The molecule has 6 heteroatoms. The van der Waals surface area contributed by atoms with E-state index in [1.165, 1.54) is 0 Å².